The summed E-state index contributed by atoms with van der Waals surface area (Å²) in [5, 5.41) is 12.2. The normalized spacial score (nSPS) is 11.3. The van der Waals surface area contributed by atoms with Crippen molar-refractivity contribution >= 4 is 17.6 Å². The second-order valence-corrected chi connectivity index (χ2v) is 7.47. The molecule has 0 aromatic heterocycles. The Hall–Kier alpha value is -4.58. The highest BCUT2D eigenvalue weighted by molar-refractivity contribution is 6.02. The van der Waals surface area contributed by atoms with E-state index >= 15 is 0 Å². The van der Waals surface area contributed by atoms with Gasteiger partial charge in [-0.05, 0) is 29.8 Å². The molecular weight excluding hydrogens is 430 g/mol. The molecule has 6 heteroatoms. The summed E-state index contributed by atoms with van der Waals surface area (Å²) in [4.78, 5) is 24.9. The molecule has 0 fully saturated rings. The SMILES string of the molecule is O=C(O)c1ccccc1NC(=O)C(Oc1ccccc1OCc1ccccc1)c1ccccc1. The molecule has 6 nitrogen and oxygen atoms in total. The second kappa shape index (κ2) is 10.8. The van der Waals surface area contributed by atoms with Crippen LogP contribution in [0.1, 0.15) is 27.6 Å². The summed E-state index contributed by atoms with van der Waals surface area (Å²) >= 11 is 0. The van der Waals surface area contributed by atoms with E-state index in [1.807, 2.05) is 54.6 Å². The number of anilines is 1. The third-order valence-corrected chi connectivity index (χ3v) is 5.09. The quantitative estimate of drug-likeness (QED) is 0.338. The number of ether oxygens (including phenoxy) is 2. The fourth-order valence-corrected chi connectivity index (χ4v) is 3.41. The fourth-order valence-electron chi connectivity index (χ4n) is 3.41. The zero-order chi connectivity index (χ0) is 23.8. The average Bonchev–Trinajstić information content (AvgIpc) is 2.88. The number of aromatic carboxylic acids is 1. The van der Waals surface area contributed by atoms with Gasteiger partial charge in [0.05, 0.1) is 11.3 Å². The van der Waals surface area contributed by atoms with Crippen LogP contribution in [0.15, 0.2) is 109 Å². The number of carboxylic acids is 1. The highest BCUT2D eigenvalue weighted by Crippen LogP contribution is 2.32. The van der Waals surface area contributed by atoms with Crippen molar-refractivity contribution in [2.24, 2.45) is 0 Å². The lowest BCUT2D eigenvalue weighted by Gasteiger charge is -2.21. The predicted molar refractivity (Wildman–Crippen MR) is 129 cm³/mol. The molecular formula is C28H23NO5. The second-order valence-electron chi connectivity index (χ2n) is 7.47. The van der Waals surface area contributed by atoms with Gasteiger partial charge >= 0.3 is 5.97 Å². The molecule has 0 aliphatic rings. The van der Waals surface area contributed by atoms with E-state index in [9.17, 15) is 14.7 Å². The van der Waals surface area contributed by atoms with Gasteiger partial charge in [-0.1, -0.05) is 84.9 Å². The molecule has 0 saturated heterocycles. The van der Waals surface area contributed by atoms with E-state index in [1.165, 1.54) is 6.07 Å². The van der Waals surface area contributed by atoms with Gasteiger partial charge in [0.2, 0.25) is 6.10 Å². The minimum atomic E-state index is -1.13. The molecule has 34 heavy (non-hydrogen) atoms. The van der Waals surface area contributed by atoms with Crippen LogP contribution in [-0.2, 0) is 11.4 Å². The van der Waals surface area contributed by atoms with Crippen LogP contribution in [0.5, 0.6) is 11.5 Å². The van der Waals surface area contributed by atoms with Crippen LogP contribution < -0.4 is 14.8 Å². The van der Waals surface area contributed by atoms with Crippen LogP contribution in [0.4, 0.5) is 5.69 Å². The van der Waals surface area contributed by atoms with E-state index in [4.69, 9.17) is 9.47 Å². The van der Waals surface area contributed by atoms with Gasteiger partial charge in [-0.3, -0.25) is 4.79 Å². The number of hydrogen-bond acceptors (Lipinski definition) is 4. The number of benzene rings is 4. The third-order valence-electron chi connectivity index (χ3n) is 5.09. The summed E-state index contributed by atoms with van der Waals surface area (Å²) in [6, 6.07) is 32.1. The standard InChI is InChI=1S/C28H23NO5/c30-27(29-23-16-8-7-15-22(23)28(31)32)26(21-13-5-2-6-14-21)34-25-18-10-9-17-24(25)33-19-20-11-3-1-4-12-20/h1-18,26H,19H2,(H,29,30)(H,31,32). The largest absolute Gasteiger partial charge is 0.485 e. The smallest absolute Gasteiger partial charge is 0.337 e. The van der Waals surface area contributed by atoms with E-state index < -0.39 is 18.0 Å². The number of amides is 1. The topological polar surface area (TPSA) is 84.9 Å². The molecule has 1 atom stereocenters. The number of hydrogen-bond donors (Lipinski definition) is 2. The maximum atomic E-state index is 13.3. The molecule has 4 aromatic carbocycles. The van der Waals surface area contributed by atoms with E-state index in [0.29, 0.717) is 23.7 Å². The Kier molecular flexibility index (Phi) is 7.20. The average molecular weight is 453 g/mol. The van der Waals surface area contributed by atoms with Gasteiger partial charge in [0, 0.05) is 5.56 Å². The van der Waals surface area contributed by atoms with Crippen LogP contribution in [0, 0.1) is 0 Å². The molecule has 0 radical (unpaired) electrons. The van der Waals surface area contributed by atoms with Gasteiger partial charge in [-0.2, -0.15) is 0 Å². The van der Waals surface area contributed by atoms with Crippen LogP contribution in [0.25, 0.3) is 0 Å². The number of carbonyl (C=O) groups excluding carboxylic acids is 1. The number of rotatable bonds is 9. The molecule has 0 aliphatic carbocycles. The van der Waals surface area contributed by atoms with Crippen LogP contribution in [0.2, 0.25) is 0 Å². The lowest BCUT2D eigenvalue weighted by Crippen LogP contribution is -2.26. The van der Waals surface area contributed by atoms with Gasteiger partial charge in [-0.25, -0.2) is 4.79 Å². The number of nitrogens with one attached hydrogen (secondary N) is 1. The first-order chi connectivity index (χ1) is 16.6. The molecule has 4 rings (SSSR count). The summed E-state index contributed by atoms with van der Waals surface area (Å²) in [6.45, 7) is 0.343. The minimum Gasteiger partial charge on any atom is -0.485 e. The van der Waals surface area contributed by atoms with Gasteiger partial charge in [0.1, 0.15) is 6.61 Å². The molecule has 1 amide bonds. The van der Waals surface area contributed by atoms with Crippen molar-refractivity contribution in [3.05, 3.63) is 126 Å². The van der Waals surface area contributed by atoms with Crippen molar-refractivity contribution in [1.29, 1.82) is 0 Å². The first-order valence-electron chi connectivity index (χ1n) is 10.7. The number of carbonyl (C=O) groups is 2. The third kappa shape index (κ3) is 5.61. The molecule has 4 aromatic rings. The minimum absolute atomic E-state index is 0.00532. The van der Waals surface area contributed by atoms with E-state index in [0.717, 1.165) is 5.56 Å². The van der Waals surface area contributed by atoms with Crippen molar-refractivity contribution in [3.63, 3.8) is 0 Å². The lowest BCUT2D eigenvalue weighted by atomic mass is 10.1. The Bertz CT molecular complexity index is 1260. The molecule has 1 unspecified atom stereocenters. The van der Waals surface area contributed by atoms with Crippen molar-refractivity contribution < 1.29 is 24.2 Å². The molecule has 0 aliphatic heterocycles. The van der Waals surface area contributed by atoms with Gasteiger partial charge in [0.15, 0.2) is 11.5 Å². The van der Waals surface area contributed by atoms with Gasteiger partial charge in [-0.15, -0.1) is 0 Å². The van der Waals surface area contributed by atoms with Crippen molar-refractivity contribution in [2.75, 3.05) is 5.32 Å². The summed E-state index contributed by atoms with van der Waals surface area (Å²) in [5.74, 6) is -0.745. The summed E-state index contributed by atoms with van der Waals surface area (Å²) in [5.41, 5.74) is 1.80. The van der Waals surface area contributed by atoms with Crippen LogP contribution >= 0.6 is 0 Å². The zero-order valence-corrected chi connectivity index (χ0v) is 18.3. The Morgan fingerprint density at radius 3 is 2.03 bits per heavy atom. The summed E-state index contributed by atoms with van der Waals surface area (Å²) < 4.78 is 12.1. The first kappa shape index (κ1) is 22.6. The first-order valence-corrected chi connectivity index (χ1v) is 10.7. The monoisotopic (exact) mass is 453 g/mol. The van der Waals surface area contributed by atoms with Crippen LogP contribution in [0.3, 0.4) is 0 Å². The predicted octanol–water partition coefficient (Wildman–Crippen LogP) is 5.72. The molecule has 0 heterocycles. The molecule has 170 valence electrons. The molecule has 2 N–H and O–H groups in total. The van der Waals surface area contributed by atoms with E-state index in [2.05, 4.69) is 5.32 Å². The lowest BCUT2D eigenvalue weighted by molar-refractivity contribution is -0.123. The number of para-hydroxylation sites is 3. The van der Waals surface area contributed by atoms with E-state index in [-0.39, 0.29) is 11.3 Å². The van der Waals surface area contributed by atoms with Gasteiger partial charge in [0.25, 0.3) is 5.91 Å². The number of carboxylic acid groups (broad SMARTS) is 1. The Balaban J connectivity index is 1.60. The summed E-state index contributed by atoms with van der Waals surface area (Å²) in [7, 11) is 0. The maximum Gasteiger partial charge on any atom is 0.337 e. The Morgan fingerprint density at radius 1 is 0.735 bits per heavy atom. The molecule has 0 spiro atoms. The highest BCUT2D eigenvalue weighted by atomic mass is 16.5. The van der Waals surface area contributed by atoms with Gasteiger partial charge < -0.3 is 19.9 Å². The molecule has 0 bridgehead atoms. The van der Waals surface area contributed by atoms with Crippen LogP contribution in [-0.4, -0.2) is 17.0 Å². The van der Waals surface area contributed by atoms with Crippen molar-refractivity contribution in [2.45, 2.75) is 12.7 Å². The highest BCUT2D eigenvalue weighted by Gasteiger charge is 2.25. The maximum absolute atomic E-state index is 13.3. The molecule has 0 saturated carbocycles. The Morgan fingerprint density at radius 2 is 1.32 bits per heavy atom. The van der Waals surface area contributed by atoms with Crippen molar-refractivity contribution in [1.82, 2.24) is 0 Å². The van der Waals surface area contributed by atoms with Crippen molar-refractivity contribution in [3.8, 4) is 11.5 Å². The van der Waals surface area contributed by atoms with E-state index in [1.54, 1.807) is 48.5 Å². The Labute approximate surface area is 197 Å². The summed E-state index contributed by atoms with van der Waals surface area (Å²) in [6.07, 6.45) is -1.04. The fraction of sp³-hybridized carbons (Fsp3) is 0.0714. The zero-order valence-electron chi connectivity index (χ0n) is 18.3.